The smallest absolute Gasteiger partial charge is 0.422 e. The van der Waals surface area contributed by atoms with Crippen molar-refractivity contribution in [1.29, 1.82) is 0 Å². The van der Waals surface area contributed by atoms with E-state index in [1.807, 2.05) is 37.3 Å². The zero-order valence-corrected chi connectivity index (χ0v) is 14.9. The molecule has 1 atom stereocenters. The summed E-state index contributed by atoms with van der Waals surface area (Å²) in [6.07, 6.45) is -1.51. The van der Waals surface area contributed by atoms with Gasteiger partial charge < -0.3 is 15.4 Å². The molecule has 1 heterocycles. The van der Waals surface area contributed by atoms with Crippen molar-refractivity contribution in [3.05, 3.63) is 59.8 Å². The lowest BCUT2D eigenvalue weighted by molar-refractivity contribution is -0.154. The fraction of sp³-hybridized carbons (Fsp3) is 0.368. The summed E-state index contributed by atoms with van der Waals surface area (Å²) in [5.41, 5.74) is 1.56. The van der Waals surface area contributed by atoms with Crippen LogP contribution in [0.4, 0.5) is 18.0 Å². The Morgan fingerprint density at radius 3 is 2.63 bits per heavy atom. The summed E-state index contributed by atoms with van der Waals surface area (Å²) in [5, 5.41) is 5.42. The van der Waals surface area contributed by atoms with Gasteiger partial charge in [-0.2, -0.15) is 13.2 Å². The van der Waals surface area contributed by atoms with E-state index in [2.05, 4.69) is 15.6 Å². The number of amides is 2. The molecule has 1 aromatic heterocycles. The van der Waals surface area contributed by atoms with Crippen molar-refractivity contribution in [2.75, 3.05) is 6.61 Å². The Hall–Kier alpha value is -2.77. The van der Waals surface area contributed by atoms with Crippen molar-refractivity contribution in [2.45, 2.75) is 38.5 Å². The van der Waals surface area contributed by atoms with Crippen molar-refractivity contribution in [2.24, 2.45) is 0 Å². The molecule has 2 amide bonds. The summed E-state index contributed by atoms with van der Waals surface area (Å²) in [6, 6.07) is 12.6. The lowest BCUT2D eigenvalue weighted by Crippen LogP contribution is -2.40. The summed E-state index contributed by atoms with van der Waals surface area (Å²) >= 11 is 0. The van der Waals surface area contributed by atoms with Crippen LogP contribution >= 0.6 is 0 Å². The highest BCUT2D eigenvalue weighted by molar-refractivity contribution is 5.74. The predicted molar refractivity (Wildman–Crippen MR) is 95.4 cm³/mol. The number of nitrogens with one attached hydrogen (secondary N) is 2. The van der Waals surface area contributed by atoms with Gasteiger partial charge in [0.2, 0.25) is 5.88 Å². The molecule has 0 radical (unpaired) electrons. The molecular weight excluding hydrogens is 359 g/mol. The number of carbonyl (C=O) groups excluding carboxylic acids is 1. The topological polar surface area (TPSA) is 63.2 Å². The maximum atomic E-state index is 12.3. The number of benzene rings is 1. The number of alkyl halides is 3. The third-order valence-electron chi connectivity index (χ3n) is 3.75. The Morgan fingerprint density at radius 2 is 1.93 bits per heavy atom. The fourth-order valence-electron chi connectivity index (χ4n) is 2.39. The molecule has 2 rings (SSSR count). The highest BCUT2D eigenvalue weighted by Crippen LogP contribution is 2.19. The van der Waals surface area contributed by atoms with Gasteiger partial charge in [0.25, 0.3) is 0 Å². The Morgan fingerprint density at radius 1 is 1.19 bits per heavy atom. The first-order valence-corrected chi connectivity index (χ1v) is 8.55. The van der Waals surface area contributed by atoms with Crippen LogP contribution in [0.5, 0.6) is 5.88 Å². The number of pyridine rings is 1. The molecule has 0 aliphatic rings. The van der Waals surface area contributed by atoms with E-state index in [0.717, 1.165) is 12.8 Å². The van der Waals surface area contributed by atoms with Gasteiger partial charge >= 0.3 is 12.2 Å². The number of nitrogens with zero attached hydrogens (tertiary/aromatic N) is 1. The summed E-state index contributed by atoms with van der Waals surface area (Å²) in [4.78, 5) is 15.8. The third kappa shape index (κ3) is 7.98. The van der Waals surface area contributed by atoms with Crippen molar-refractivity contribution < 1.29 is 22.7 Å². The molecule has 0 aliphatic heterocycles. The number of aryl methyl sites for hydroxylation is 1. The van der Waals surface area contributed by atoms with Gasteiger partial charge in [-0.15, -0.1) is 0 Å². The van der Waals surface area contributed by atoms with Gasteiger partial charge in [-0.1, -0.05) is 36.4 Å². The minimum absolute atomic E-state index is 0.0122. The molecule has 0 saturated heterocycles. The average molecular weight is 381 g/mol. The molecular formula is C19H22F3N3O2. The van der Waals surface area contributed by atoms with E-state index >= 15 is 0 Å². The molecule has 2 N–H and O–H groups in total. The Balaban J connectivity index is 1.78. The van der Waals surface area contributed by atoms with Crippen LogP contribution in [0, 0.1) is 0 Å². The quantitative estimate of drug-likeness (QED) is 0.730. The molecule has 0 saturated carbocycles. The number of rotatable bonds is 8. The van der Waals surface area contributed by atoms with Gasteiger partial charge in [0.1, 0.15) is 0 Å². The zero-order chi connectivity index (χ0) is 19.7. The molecule has 0 bridgehead atoms. The highest BCUT2D eigenvalue weighted by Gasteiger charge is 2.29. The van der Waals surface area contributed by atoms with Gasteiger partial charge in [0, 0.05) is 24.3 Å². The number of hydrogen-bond acceptors (Lipinski definition) is 3. The summed E-state index contributed by atoms with van der Waals surface area (Å²) in [6.45, 7) is 0.475. The molecule has 0 spiro atoms. The second-order valence-corrected chi connectivity index (χ2v) is 6.12. The third-order valence-corrected chi connectivity index (χ3v) is 3.75. The number of aromatic nitrogens is 1. The number of hydrogen-bond donors (Lipinski definition) is 2. The van der Waals surface area contributed by atoms with Crippen LogP contribution in [0.2, 0.25) is 0 Å². The minimum Gasteiger partial charge on any atom is -0.468 e. The van der Waals surface area contributed by atoms with E-state index in [4.69, 9.17) is 4.74 Å². The summed E-state index contributed by atoms with van der Waals surface area (Å²) < 4.78 is 41.6. The Kier molecular flexibility index (Phi) is 7.45. The second kappa shape index (κ2) is 9.80. The van der Waals surface area contributed by atoms with Gasteiger partial charge in [-0.3, -0.25) is 0 Å². The molecule has 2 aromatic rings. The molecule has 1 aromatic carbocycles. The van der Waals surface area contributed by atoms with E-state index in [-0.39, 0.29) is 18.5 Å². The van der Waals surface area contributed by atoms with Crippen molar-refractivity contribution in [3.8, 4) is 5.88 Å². The maximum absolute atomic E-state index is 12.3. The van der Waals surface area contributed by atoms with Gasteiger partial charge in [0.15, 0.2) is 6.61 Å². The highest BCUT2D eigenvalue weighted by atomic mass is 19.4. The molecule has 146 valence electrons. The van der Waals surface area contributed by atoms with E-state index in [1.54, 1.807) is 12.1 Å². The van der Waals surface area contributed by atoms with Crippen molar-refractivity contribution >= 4 is 6.03 Å². The van der Waals surface area contributed by atoms with Crippen LogP contribution in [0.1, 0.15) is 24.5 Å². The maximum Gasteiger partial charge on any atom is 0.422 e. The normalized spacial score (nSPS) is 12.3. The van der Waals surface area contributed by atoms with Gasteiger partial charge in [-0.05, 0) is 31.4 Å². The first-order chi connectivity index (χ1) is 12.8. The lowest BCUT2D eigenvalue weighted by atomic mass is 10.1. The molecule has 27 heavy (non-hydrogen) atoms. The van der Waals surface area contributed by atoms with Crippen LogP contribution in [0.15, 0.2) is 48.7 Å². The van der Waals surface area contributed by atoms with Crippen molar-refractivity contribution in [1.82, 2.24) is 15.6 Å². The molecule has 5 nitrogen and oxygen atoms in total. The second-order valence-electron chi connectivity index (χ2n) is 6.12. The van der Waals surface area contributed by atoms with Crippen LogP contribution in [-0.4, -0.2) is 29.8 Å². The monoisotopic (exact) mass is 381 g/mol. The number of halogens is 3. The van der Waals surface area contributed by atoms with Gasteiger partial charge in [-0.25, -0.2) is 9.78 Å². The summed E-state index contributed by atoms with van der Waals surface area (Å²) in [5.74, 6) is -0.146. The number of urea groups is 1. The first kappa shape index (κ1) is 20.5. The van der Waals surface area contributed by atoms with E-state index in [1.165, 1.54) is 11.8 Å². The fourth-order valence-corrected chi connectivity index (χ4v) is 2.39. The lowest BCUT2D eigenvalue weighted by Gasteiger charge is -2.16. The predicted octanol–water partition coefficient (Wildman–Crippen LogP) is 3.84. The van der Waals surface area contributed by atoms with E-state index in [9.17, 15) is 18.0 Å². The largest absolute Gasteiger partial charge is 0.468 e. The van der Waals surface area contributed by atoms with Crippen LogP contribution < -0.4 is 15.4 Å². The zero-order valence-electron chi connectivity index (χ0n) is 14.9. The van der Waals surface area contributed by atoms with E-state index < -0.39 is 18.8 Å². The van der Waals surface area contributed by atoms with Crippen molar-refractivity contribution in [3.63, 3.8) is 0 Å². The Bertz CT molecular complexity index is 724. The molecule has 1 unspecified atom stereocenters. The van der Waals surface area contributed by atoms with Crippen LogP contribution in [0.25, 0.3) is 0 Å². The van der Waals surface area contributed by atoms with Crippen LogP contribution in [0.3, 0.4) is 0 Å². The van der Waals surface area contributed by atoms with Gasteiger partial charge in [0.05, 0.1) is 0 Å². The molecule has 8 heteroatoms. The minimum atomic E-state index is -4.45. The Labute approximate surface area is 155 Å². The number of ether oxygens (including phenoxy) is 1. The first-order valence-electron chi connectivity index (χ1n) is 8.55. The SMILES string of the molecule is CC(CCc1ccccc1)NC(=O)NCc1cccnc1OCC(F)(F)F. The summed E-state index contributed by atoms with van der Waals surface area (Å²) in [7, 11) is 0. The van der Waals surface area contributed by atoms with Crippen LogP contribution in [-0.2, 0) is 13.0 Å². The molecule has 0 fully saturated rings. The standard InChI is InChI=1S/C19H22F3N3O2/c1-14(9-10-15-6-3-2-4-7-15)25-18(26)24-12-16-8-5-11-23-17(16)27-13-19(20,21)22/h2-8,11,14H,9-10,12-13H2,1H3,(H2,24,25,26). The number of carbonyl (C=O) groups is 1. The van der Waals surface area contributed by atoms with E-state index in [0.29, 0.717) is 5.56 Å². The average Bonchev–Trinajstić information content (AvgIpc) is 2.64. The molecule has 0 aliphatic carbocycles.